The third-order valence-electron chi connectivity index (χ3n) is 1.01. The lowest BCUT2D eigenvalue weighted by Crippen LogP contribution is -1.81. The summed E-state index contributed by atoms with van der Waals surface area (Å²) in [5, 5.41) is 0.202. The Labute approximate surface area is 68.7 Å². The fourth-order valence-electron chi connectivity index (χ4n) is 0.559. The van der Waals surface area contributed by atoms with Gasteiger partial charge in [-0.15, -0.1) is 0 Å². The second kappa shape index (κ2) is 3.83. The van der Waals surface area contributed by atoms with Gasteiger partial charge in [0.05, 0.1) is 0 Å². The van der Waals surface area contributed by atoms with Crippen LogP contribution in [-0.4, -0.2) is 16.3 Å². The molecule has 1 heterocycles. The number of hydrogen-bond acceptors (Lipinski definition) is 3. The molecule has 1 rings (SSSR count). The molecule has 0 aliphatic heterocycles. The first-order chi connectivity index (χ1) is 5.33. The maximum absolute atomic E-state index is 9.89. The summed E-state index contributed by atoms with van der Waals surface area (Å²) < 4.78 is 0. The minimum absolute atomic E-state index is 0.202. The zero-order chi connectivity index (χ0) is 8.10. The molecule has 0 unspecified atom stereocenters. The SMILES string of the molecule is O=CC=Cc1cnc(Cl)nc1. The molecule has 0 fully saturated rings. The fraction of sp³-hybridized carbons (Fsp3) is 0. The summed E-state index contributed by atoms with van der Waals surface area (Å²) in [7, 11) is 0. The summed E-state index contributed by atoms with van der Waals surface area (Å²) in [6, 6.07) is 0. The Morgan fingerprint density at radius 1 is 1.36 bits per heavy atom. The first kappa shape index (κ1) is 7.88. The van der Waals surface area contributed by atoms with E-state index in [2.05, 4.69) is 9.97 Å². The molecule has 56 valence electrons. The third kappa shape index (κ3) is 2.47. The van der Waals surface area contributed by atoms with Crippen LogP contribution in [0, 0.1) is 0 Å². The van der Waals surface area contributed by atoms with Gasteiger partial charge < -0.3 is 0 Å². The average Bonchev–Trinajstić information content (AvgIpc) is 2.04. The van der Waals surface area contributed by atoms with Crippen molar-refractivity contribution in [2.45, 2.75) is 0 Å². The zero-order valence-electron chi connectivity index (χ0n) is 5.57. The molecule has 0 saturated carbocycles. The predicted octanol–water partition coefficient (Wildman–Crippen LogP) is 1.34. The van der Waals surface area contributed by atoms with Gasteiger partial charge in [-0.2, -0.15) is 0 Å². The van der Waals surface area contributed by atoms with E-state index in [0.717, 1.165) is 5.56 Å². The van der Waals surface area contributed by atoms with E-state index in [9.17, 15) is 4.79 Å². The quantitative estimate of drug-likeness (QED) is 0.380. The van der Waals surface area contributed by atoms with Crippen LogP contribution >= 0.6 is 11.6 Å². The van der Waals surface area contributed by atoms with Crippen molar-refractivity contribution >= 4 is 24.0 Å². The molecule has 11 heavy (non-hydrogen) atoms. The van der Waals surface area contributed by atoms with Crippen molar-refractivity contribution < 1.29 is 4.79 Å². The summed E-state index contributed by atoms with van der Waals surface area (Å²) in [5.41, 5.74) is 0.751. The summed E-state index contributed by atoms with van der Waals surface area (Å²) in [4.78, 5) is 17.3. The van der Waals surface area contributed by atoms with E-state index in [4.69, 9.17) is 11.6 Å². The lowest BCUT2D eigenvalue weighted by Gasteiger charge is -1.89. The van der Waals surface area contributed by atoms with Gasteiger partial charge in [0, 0.05) is 18.0 Å². The van der Waals surface area contributed by atoms with Crippen LogP contribution in [0.3, 0.4) is 0 Å². The van der Waals surface area contributed by atoms with Gasteiger partial charge in [-0.3, -0.25) is 4.79 Å². The van der Waals surface area contributed by atoms with Crippen molar-refractivity contribution in [1.29, 1.82) is 0 Å². The molecule has 0 radical (unpaired) electrons. The van der Waals surface area contributed by atoms with E-state index in [1.807, 2.05) is 0 Å². The number of allylic oxidation sites excluding steroid dienone is 1. The van der Waals surface area contributed by atoms with Crippen LogP contribution in [0.25, 0.3) is 6.08 Å². The van der Waals surface area contributed by atoms with E-state index in [0.29, 0.717) is 6.29 Å². The largest absolute Gasteiger partial charge is 0.299 e. The summed E-state index contributed by atoms with van der Waals surface area (Å²) in [5.74, 6) is 0. The highest BCUT2D eigenvalue weighted by Gasteiger charge is 1.88. The molecule has 0 aliphatic carbocycles. The lowest BCUT2D eigenvalue weighted by atomic mass is 10.3. The van der Waals surface area contributed by atoms with E-state index in [1.165, 1.54) is 18.5 Å². The van der Waals surface area contributed by atoms with Gasteiger partial charge in [-0.05, 0) is 23.8 Å². The molecule has 3 nitrogen and oxygen atoms in total. The number of rotatable bonds is 2. The molecule has 0 aliphatic rings. The van der Waals surface area contributed by atoms with Crippen molar-refractivity contribution in [2.75, 3.05) is 0 Å². The molecular formula is C7H5ClN2O. The highest BCUT2D eigenvalue weighted by Crippen LogP contribution is 2.01. The first-order valence-corrected chi connectivity index (χ1v) is 3.30. The lowest BCUT2D eigenvalue weighted by molar-refractivity contribution is -0.104. The Bertz CT molecular complexity index is 268. The number of carbonyl (C=O) groups excluding carboxylic acids is 1. The topological polar surface area (TPSA) is 42.9 Å². The van der Waals surface area contributed by atoms with Crippen LogP contribution in [0.1, 0.15) is 5.56 Å². The molecule has 0 saturated heterocycles. The van der Waals surface area contributed by atoms with Gasteiger partial charge in [0.2, 0.25) is 5.28 Å². The first-order valence-electron chi connectivity index (χ1n) is 2.92. The highest BCUT2D eigenvalue weighted by molar-refractivity contribution is 6.28. The maximum atomic E-state index is 9.89. The van der Waals surface area contributed by atoms with Crippen molar-refractivity contribution in [2.24, 2.45) is 0 Å². The second-order valence-corrected chi connectivity index (χ2v) is 2.12. The number of aromatic nitrogens is 2. The number of hydrogen-bond donors (Lipinski definition) is 0. The molecule has 0 amide bonds. The molecule has 0 spiro atoms. The summed E-state index contributed by atoms with van der Waals surface area (Å²) in [6.45, 7) is 0. The molecular weight excluding hydrogens is 164 g/mol. The van der Waals surface area contributed by atoms with E-state index >= 15 is 0 Å². The minimum atomic E-state index is 0.202. The maximum Gasteiger partial charge on any atom is 0.222 e. The number of aldehydes is 1. The fourth-order valence-corrected chi connectivity index (χ4v) is 0.656. The standard InChI is InChI=1S/C7H5ClN2O/c8-7-9-4-6(5-10-7)2-1-3-11/h1-5H. The highest BCUT2D eigenvalue weighted by atomic mass is 35.5. The molecule has 4 heteroatoms. The Morgan fingerprint density at radius 3 is 2.55 bits per heavy atom. The normalized spacial score (nSPS) is 10.3. The van der Waals surface area contributed by atoms with E-state index in [1.54, 1.807) is 6.08 Å². The van der Waals surface area contributed by atoms with Crippen LogP contribution < -0.4 is 0 Å². The average molecular weight is 169 g/mol. The van der Waals surface area contributed by atoms with E-state index in [-0.39, 0.29) is 5.28 Å². The molecule has 0 N–H and O–H groups in total. The minimum Gasteiger partial charge on any atom is -0.299 e. The number of halogens is 1. The van der Waals surface area contributed by atoms with Crippen LogP contribution in [-0.2, 0) is 4.79 Å². The van der Waals surface area contributed by atoms with Crippen molar-refractivity contribution in [1.82, 2.24) is 9.97 Å². The zero-order valence-corrected chi connectivity index (χ0v) is 6.32. The number of nitrogens with zero attached hydrogens (tertiary/aromatic N) is 2. The van der Waals surface area contributed by atoms with Crippen LogP contribution in [0.15, 0.2) is 18.5 Å². The Morgan fingerprint density at radius 2 is 2.00 bits per heavy atom. The predicted molar refractivity (Wildman–Crippen MR) is 42.1 cm³/mol. The van der Waals surface area contributed by atoms with Crippen molar-refractivity contribution in [3.63, 3.8) is 0 Å². The molecule has 1 aromatic heterocycles. The van der Waals surface area contributed by atoms with Gasteiger partial charge >= 0.3 is 0 Å². The summed E-state index contributed by atoms with van der Waals surface area (Å²) in [6.07, 6.45) is 6.73. The van der Waals surface area contributed by atoms with E-state index < -0.39 is 0 Å². The molecule has 0 aromatic carbocycles. The molecule has 1 aromatic rings. The van der Waals surface area contributed by atoms with Crippen LogP contribution in [0.5, 0.6) is 0 Å². The van der Waals surface area contributed by atoms with Gasteiger partial charge in [-0.25, -0.2) is 9.97 Å². The van der Waals surface area contributed by atoms with Crippen molar-refractivity contribution in [3.8, 4) is 0 Å². The monoisotopic (exact) mass is 168 g/mol. The molecule has 0 atom stereocenters. The Balaban J connectivity index is 2.81. The molecule has 0 bridgehead atoms. The van der Waals surface area contributed by atoms with Crippen LogP contribution in [0.2, 0.25) is 5.28 Å². The van der Waals surface area contributed by atoms with Crippen LogP contribution in [0.4, 0.5) is 0 Å². The Hall–Kier alpha value is -1.22. The third-order valence-corrected chi connectivity index (χ3v) is 1.20. The number of carbonyl (C=O) groups is 1. The second-order valence-electron chi connectivity index (χ2n) is 1.78. The smallest absolute Gasteiger partial charge is 0.222 e. The van der Waals surface area contributed by atoms with Gasteiger partial charge in [-0.1, -0.05) is 0 Å². The van der Waals surface area contributed by atoms with Crippen molar-refractivity contribution in [3.05, 3.63) is 29.3 Å². The van der Waals surface area contributed by atoms with Gasteiger partial charge in [0.1, 0.15) is 6.29 Å². The van der Waals surface area contributed by atoms with Gasteiger partial charge in [0.15, 0.2) is 0 Å². The summed E-state index contributed by atoms with van der Waals surface area (Å²) >= 11 is 5.43. The Kier molecular flexibility index (Phi) is 2.74. The van der Waals surface area contributed by atoms with Gasteiger partial charge in [0.25, 0.3) is 0 Å².